The van der Waals surface area contributed by atoms with Gasteiger partial charge in [-0.05, 0) is 18.2 Å². The van der Waals surface area contributed by atoms with Crippen molar-refractivity contribution in [2.75, 3.05) is 0 Å². The summed E-state index contributed by atoms with van der Waals surface area (Å²) in [4.78, 5) is 12.5. The zero-order chi connectivity index (χ0) is 19.5. The summed E-state index contributed by atoms with van der Waals surface area (Å²) in [6.07, 6.45) is -1.48. The second-order valence-corrected chi connectivity index (χ2v) is 6.20. The van der Waals surface area contributed by atoms with Gasteiger partial charge in [-0.3, -0.25) is 4.79 Å². The van der Waals surface area contributed by atoms with E-state index in [0.29, 0.717) is 16.5 Å². The molecule has 4 rings (SSSR count). The molecule has 0 atom stereocenters. The molecule has 0 saturated heterocycles. The van der Waals surface area contributed by atoms with Gasteiger partial charge in [-0.1, -0.05) is 6.07 Å². The molecule has 2 heterocycles. The van der Waals surface area contributed by atoms with E-state index in [-0.39, 0.29) is 22.8 Å². The number of rotatable bonds is 1. The minimum atomic E-state index is -4.46. The van der Waals surface area contributed by atoms with Crippen molar-refractivity contribution in [3.8, 4) is 17.2 Å². The highest BCUT2D eigenvalue weighted by molar-refractivity contribution is 6.16. The molecule has 138 valence electrons. The number of halogens is 3. The monoisotopic (exact) mass is 375 g/mol. The number of aromatic hydroxyl groups is 2. The molecule has 0 amide bonds. The molecule has 27 heavy (non-hydrogen) atoms. The predicted molar refractivity (Wildman–Crippen MR) is 90.6 cm³/mol. The number of allylic oxidation sites excluding steroid dienone is 1. The lowest BCUT2D eigenvalue weighted by Crippen LogP contribution is -2.04. The SMILES string of the molecule is Cn1cc(/C=C2/Oc3cc(O)cc(O)c3C2=O)c2ccc(C(F)(F)F)cc21. The summed E-state index contributed by atoms with van der Waals surface area (Å²) < 4.78 is 45.7. The van der Waals surface area contributed by atoms with Crippen LogP contribution >= 0.6 is 0 Å². The molecule has 2 aromatic carbocycles. The Morgan fingerprint density at radius 3 is 2.59 bits per heavy atom. The van der Waals surface area contributed by atoms with Crippen LogP contribution in [0.15, 0.2) is 42.3 Å². The number of nitrogens with zero attached hydrogens (tertiary/aromatic N) is 1. The van der Waals surface area contributed by atoms with Gasteiger partial charge in [-0.15, -0.1) is 0 Å². The van der Waals surface area contributed by atoms with Crippen LogP contribution in [0.5, 0.6) is 17.2 Å². The highest BCUT2D eigenvalue weighted by Gasteiger charge is 2.32. The summed E-state index contributed by atoms with van der Waals surface area (Å²) in [6.45, 7) is 0. The van der Waals surface area contributed by atoms with E-state index in [1.165, 1.54) is 22.8 Å². The van der Waals surface area contributed by atoms with E-state index in [1.54, 1.807) is 13.2 Å². The summed E-state index contributed by atoms with van der Waals surface area (Å²) in [7, 11) is 1.60. The maximum Gasteiger partial charge on any atom is 0.416 e. The van der Waals surface area contributed by atoms with Crippen LogP contribution in [0.1, 0.15) is 21.5 Å². The van der Waals surface area contributed by atoms with Gasteiger partial charge in [-0.2, -0.15) is 13.2 Å². The first-order chi connectivity index (χ1) is 12.6. The molecular formula is C19H12F3NO4. The molecule has 0 bridgehead atoms. The number of Topliss-reactive ketones (excluding diaryl/α,β-unsaturated/α-hetero) is 1. The van der Waals surface area contributed by atoms with Crippen LogP contribution in [0.25, 0.3) is 17.0 Å². The second-order valence-electron chi connectivity index (χ2n) is 6.20. The van der Waals surface area contributed by atoms with Gasteiger partial charge in [0.1, 0.15) is 22.8 Å². The third-order valence-electron chi connectivity index (χ3n) is 4.37. The van der Waals surface area contributed by atoms with Gasteiger partial charge in [0, 0.05) is 41.8 Å². The smallest absolute Gasteiger partial charge is 0.416 e. The number of fused-ring (bicyclic) bond motifs is 2. The molecule has 0 radical (unpaired) electrons. The first-order valence-corrected chi connectivity index (χ1v) is 7.81. The van der Waals surface area contributed by atoms with E-state index in [9.17, 15) is 28.2 Å². The standard InChI is InChI=1S/C19H12F3NO4/c1-23-8-9(12-3-2-10(5-13(12)23)19(20,21)22)4-16-18(26)17-14(25)6-11(24)7-15(17)27-16/h2-8,24-25H,1H3/b16-4+. The molecule has 0 fully saturated rings. The Balaban J connectivity index is 1.80. The number of phenols is 2. The van der Waals surface area contributed by atoms with Crippen LogP contribution in [-0.4, -0.2) is 20.6 Å². The van der Waals surface area contributed by atoms with Crippen molar-refractivity contribution in [1.29, 1.82) is 0 Å². The van der Waals surface area contributed by atoms with Crippen LogP contribution in [-0.2, 0) is 13.2 Å². The van der Waals surface area contributed by atoms with E-state index < -0.39 is 23.3 Å². The van der Waals surface area contributed by atoms with Gasteiger partial charge in [-0.25, -0.2) is 0 Å². The highest BCUT2D eigenvalue weighted by atomic mass is 19.4. The number of phenolic OH excluding ortho intramolecular Hbond substituents is 2. The van der Waals surface area contributed by atoms with E-state index in [2.05, 4.69) is 0 Å². The number of carbonyl (C=O) groups excluding carboxylic acids is 1. The Labute approximate surface area is 150 Å². The van der Waals surface area contributed by atoms with Crippen molar-refractivity contribution >= 4 is 22.8 Å². The number of benzene rings is 2. The van der Waals surface area contributed by atoms with Crippen LogP contribution in [0.3, 0.4) is 0 Å². The zero-order valence-corrected chi connectivity index (χ0v) is 13.8. The van der Waals surface area contributed by atoms with Crippen molar-refractivity contribution in [3.05, 3.63) is 59.0 Å². The molecule has 0 spiro atoms. The Hall–Kier alpha value is -3.42. The first kappa shape index (κ1) is 17.0. The quantitative estimate of drug-likeness (QED) is 0.625. The van der Waals surface area contributed by atoms with Gasteiger partial charge in [0.2, 0.25) is 5.78 Å². The Kier molecular flexibility index (Phi) is 3.49. The van der Waals surface area contributed by atoms with Crippen molar-refractivity contribution < 1.29 is 32.9 Å². The molecule has 3 aromatic rings. The lowest BCUT2D eigenvalue weighted by molar-refractivity contribution is -0.137. The third kappa shape index (κ3) is 2.69. The number of hydrogen-bond donors (Lipinski definition) is 2. The van der Waals surface area contributed by atoms with E-state index in [1.807, 2.05) is 0 Å². The molecule has 5 nitrogen and oxygen atoms in total. The summed E-state index contributed by atoms with van der Waals surface area (Å²) in [6, 6.07) is 5.57. The molecule has 8 heteroatoms. The number of aryl methyl sites for hydroxylation is 1. The van der Waals surface area contributed by atoms with Crippen LogP contribution in [0, 0.1) is 0 Å². The van der Waals surface area contributed by atoms with Crippen LogP contribution < -0.4 is 4.74 Å². The lowest BCUT2D eigenvalue weighted by atomic mass is 10.1. The molecule has 1 aliphatic rings. The molecule has 1 aliphatic heterocycles. The highest BCUT2D eigenvalue weighted by Crippen LogP contribution is 2.41. The second kappa shape index (κ2) is 5.54. The average molecular weight is 375 g/mol. The maximum atomic E-state index is 12.9. The predicted octanol–water partition coefficient (Wildman–Crippen LogP) is 4.22. The largest absolute Gasteiger partial charge is 0.508 e. The van der Waals surface area contributed by atoms with E-state index in [0.717, 1.165) is 18.2 Å². The molecule has 0 aliphatic carbocycles. The lowest BCUT2D eigenvalue weighted by Gasteiger charge is -2.07. The number of ketones is 1. The van der Waals surface area contributed by atoms with Gasteiger partial charge in [0.25, 0.3) is 0 Å². The maximum absolute atomic E-state index is 12.9. The van der Waals surface area contributed by atoms with Crippen LogP contribution in [0.4, 0.5) is 13.2 Å². The summed E-state index contributed by atoms with van der Waals surface area (Å²) in [5.74, 6) is -1.33. The normalized spacial score (nSPS) is 15.4. The van der Waals surface area contributed by atoms with Crippen LogP contribution in [0.2, 0.25) is 0 Å². The Bertz CT molecular complexity index is 1140. The third-order valence-corrected chi connectivity index (χ3v) is 4.37. The molecule has 1 aromatic heterocycles. The number of carbonyl (C=O) groups is 1. The summed E-state index contributed by atoms with van der Waals surface area (Å²) in [5, 5.41) is 19.9. The fourth-order valence-corrected chi connectivity index (χ4v) is 3.13. The first-order valence-electron chi connectivity index (χ1n) is 7.81. The Morgan fingerprint density at radius 2 is 1.89 bits per heavy atom. The summed E-state index contributed by atoms with van der Waals surface area (Å²) >= 11 is 0. The van der Waals surface area contributed by atoms with Gasteiger partial charge in [0.05, 0.1) is 5.56 Å². The fraction of sp³-hybridized carbons (Fsp3) is 0.105. The van der Waals surface area contributed by atoms with E-state index in [4.69, 9.17) is 4.74 Å². The van der Waals surface area contributed by atoms with Gasteiger partial charge in [0.15, 0.2) is 5.76 Å². The average Bonchev–Trinajstić information content (AvgIpc) is 3.04. The van der Waals surface area contributed by atoms with Crippen molar-refractivity contribution in [2.45, 2.75) is 6.18 Å². The number of aromatic nitrogens is 1. The Morgan fingerprint density at radius 1 is 1.15 bits per heavy atom. The van der Waals surface area contributed by atoms with Crippen molar-refractivity contribution in [2.24, 2.45) is 7.05 Å². The fourth-order valence-electron chi connectivity index (χ4n) is 3.13. The molecule has 0 unspecified atom stereocenters. The van der Waals surface area contributed by atoms with Gasteiger partial charge >= 0.3 is 6.18 Å². The number of hydrogen-bond acceptors (Lipinski definition) is 4. The van der Waals surface area contributed by atoms with Gasteiger partial charge < -0.3 is 19.5 Å². The molecular weight excluding hydrogens is 363 g/mol. The number of alkyl halides is 3. The minimum Gasteiger partial charge on any atom is -0.508 e. The summed E-state index contributed by atoms with van der Waals surface area (Å²) in [5.41, 5.74) is -0.00346. The minimum absolute atomic E-state index is 0.0170. The topological polar surface area (TPSA) is 71.7 Å². The van der Waals surface area contributed by atoms with Crippen molar-refractivity contribution in [3.63, 3.8) is 0 Å². The van der Waals surface area contributed by atoms with Crippen molar-refractivity contribution in [1.82, 2.24) is 4.57 Å². The zero-order valence-electron chi connectivity index (χ0n) is 13.8. The molecule has 2 N–H and O–H groups in total. The van der Waals surface area contributed by atoms with E-state index >= 15 is 0 Å². The molecule has 0 saturated carbocycles. The number of ether oxygens (including phenoxy) is 1.